The molecule has 4 fully saturated rings. The molecule has 0 spiro atoms. The number of anilines is 2. The van der Waals surface area contributed by atoms with Crippen LogP contribution >= 0.6 is 34.8 Å². The Morgan fingerprint density at radius 1 is 0.754 bits per heavy atom. The zero-order valence-electron chi connectivity index (χ0n) is 39.4. The van der Waals surface area contributed by atoms with Gasteiger partial charge in [0.15, 0.2) is 12.1 Å². The number of likely N-dealkylation sites (tertiary alicyclic amines) is 1. The molecule has 4 saturated heterocycles. The molecule has 2 unspecified atom stereocenters. The van der Waals surface area contributed by atoms with Crippen molar-refractivity contribution in [3.63, 3.8) is 0 Å². The number of carbonyl (C=O) groups excluding carboxylic acids is 2. The quantitative estimate of drug-likeness (QED) is 0.109. The highest BCUT2D eigenvalue weighted by Gasteiger charge is 2.33. The molecule has 8 atom stereocenters. The Balaban J connectivity index is 0.000000235. The van der Waals surface area contributed by atoms with Crippen molar-refractivity contribution in [1.29, 1.82) is 0 Å². The summed E-state index contributed by atoms with van der Waals surface area (Å²) in [5.74, 6) is -0.584. The van der Waals surface area contributed by atoms with E-state index in [-0.39, 0.29) is 47.8 Å². The molecule has 0 saturated carbocycles. The number of carbonyl (C=O) groups is 2. The molecule has 5 N–H and O–H groups in total. The third kappa shape index (κ3) is 20.4. The van der Waals surface area contributed by atoms with Gasteiger partial charge < -0.3 is 54.8 Å². The molecule has 3 aromatic heterocycles. The molecule has 4 aliphatic heterocycles. The van der Waals surface area contributed by atoms with Crippen LogP contribution in [0.15, 0.2) is 36.4 Å². The molecule has 3 aromatic rings. The zero-order valence-corrected chi connectivity index (χ0v) is 41.7. The van der Waals surface area contributed by atoms with E-state index in [1.165, 1.54) is 24.1 Å². The summed E-state index contributed by atoms with van der Waals surface area (Å²) in [6.07, 6.45) is -7.09. The smallest absolute Gasteiger partial charge is 0.410 e. The van der Waals surface area contributed by atoms with E-state index in [1.54, 1.807) is 43.9 Å². The van der Waals surface area contributed by atoms with Gasteiger partial charge in [0.2, 0.25) is 0 Å². The number of piperidine rings is 4. The minimum atomic E-state index is -1.23. The van der Waals surface area contributed by atoms with Gasteiger partial charge in [0.25, 0.3) is 5.88 Å². The number of amides is 1. The summed E-state index contributed by atoms with van der Waals surface area (Å²) in [7, 11) is 5.24. The van der Waals surface area contributed by atoms with Gasteiger partial charge >= 0.3 is 6.09 Å². The van der Waals surface area contributed by atoms with Crippen LogP contribution in [-0.2, 0) is 11.3 Å². The number of rotatable bonds is 6. The number of aldehydes is 1. The van der Waals surface area contributed by atoms with E-state index in [2.05, 4.69) is 25.0 Å². The normalized spacial score (nSPS) is 24.7. The standard InChI is InChI=1S/C13H19ClFN3O.C11H12ClFN2O2.C10H18FNO3.C6H5ClFNO.C5H10FNO/c1-17(2)7-10-11(3-4-13(14)16-10)18-6-5-9(15)12(19)8-18;12-11-2-1-9(8(6-16)14-11)15-4-3-7(13)10(17)5-15;1-10(2,3)15-9(14)12-5-4-7(11)8(13)6-12;1-10-6-4(8)2-3-5(7)9-6;6-4-1-2-7-3-5(4)8/h3-4,9,12,19H,5-8H2,1-2H3;1-2,6-7,10,17H,3-5H2;7-8,13H,4-6H2,1-3H3;2-3H,1H3;4-5,7-8H,1-3H2/t9-,12-;7-,10-;7?,8-;;4?,5-/m111.1/s1. The topological polar surface area (TPSA) is 197 Å². The predicted molar refractivity (Wildman–Crippen MR) is 254 cm³/mol. The molecule has 0 aromatic carbocycles. The SMILES string of the molecule is CC(C)(C)OC(=O)N1CCC(F)[C@H](O)C1.CN(C)Cc1nc(Cl)ccc1N1CC[C@@H](F)[C@H](O)C1.COc1nc(Cl)ccc1F.O=Cc1nc(Cl)ccc1N1CC[C@@H](F)[C@H](O)C1.O[C@@H]1CNCCC1F. The minimum Gasteiger partial charge on any atom is -0.479 e. The van der Waals surface area contributed by atoms with Crippen LogP contribution in [0.25, 0.3) is 0 Å². The van der Waals surface area contributed by atoms with E-state index in [4.69, 9.17) is 44.6 Å². The van der Waals surface area contributed by atoms with Gasteiger partial charge in [-0.2, -0.15) is 4.98 Å². The number of aliphatic hydroxyl groups excluding tert-OH is 4. The number of ether oxygens (including phenoxy) is 2. The second kappa shape index (κ2) is 28.8. The van der Waals surface area contributed by atoms with E-state index in [1.807, 2.05) is 30.0 Å². The molecule has 388 valence electrons. The molecular formula is C45H64Cl3F5N8O8. The fourth-order valence-corrected chi connectivity index (χ4v) is 7.42. The first-order valence-electron chi connectivity index (χ1n) is 22.2. The van der Waals surface area contributed by atoms with Gasteiger partial charge in [-0.05, 0) is 103 Å². The number of nitrogens with zero attached hydrogens (tertiary/aromatic N) is 7. The third-order valence-electron chi connectivity index (χ3n) is 10.5. The van der Waals surface area contributed by atoms with Gasteiger partial charge in [-0.25, -0.2) is 36.7 Å². The molecule has 7 heterocycles. The molecule has 0 bridgehead atoms. The summed E-state index contributed by atoms with van der Waals surface area (Å²) in [6, 6.07) is 9.40. The number of halogens is 8. The lowest BCUT2D eigenvalue weighted by Gasteiger charge is -2.35. The maximum absolute atomic E-state index is 13.3. The summed E-state index contributed by atoms with van der Waals surface area (Å²) >= 11 is 17.1. The largest absolute Gasteiger partial charge is 0.479 e. The highest BCUT2D eigenvalue weighted by Crippen LogP contribution is 2.28. The monoisotopic (exact) mass is 1040 g/mol. The van der Waals surface area contributed by atoms with Gasteiger partial charge in [-0.1, -0.05) is 34.8 Å². The number of alkyl halides is 4. The fourth-order valence-electron chi connectivity index (χ4n) is 6.96. The molecule has 4 aliphatic rings. The second-order valence-corrected chi connectivity index (χ2v) is 18.8. The fraction of sp³-hybridized carbons (Fsp3) is 0.622. The third-order valence-corrected chi connectivity index (χ3v) is 11.2. The average molecular weight is 1050 g/mol. The van der Waals surface area contributed by atoms with Crippen LogP contribution in [0.4, 0.5) is 38.1 Å². The first-order valence-corrected chi connectivity index (χ1v) is 23.3. The highest BCUT2D eigenvalue weighted by molar-refractivity contribution is 6.30. The van der Waals surface area contributed by atoms with Crippen LogP contribution in [0.2, 0.25) is 15.5 Å². The van der Waals surface area contributed by atoms with Gasteiger partial charge in [-0.15, -0.1) is 0 Å². The van der Waals surface area contributed by atoms with Gasteiger partial charge in [0.1, 0.15) is 69.8 Å². The van der Waals surface area contributed by atoms with E-state index >= 15 is 0 Å². The number of hydrogen-bond donors (Lipinski definition) is 5. The van der Waals surface area contributed by atoms with Crippen molar-refractivity contribution in [2.75, 3.05) is 83.4 Å². The number of aliphatic hydroxyl groups is 4. The van der Waals surface area contributed by atoms with Crippen molar-refractivity contribution < 1.29 is 61.4 Å². The number of pyridine rings is 3. The Labute approximate surface area is 414 Å². The first-order chi connectivity index (χ1) is 32.4. The summed E-state index contributed by atoms with van der Waals surface area (Å²) in [5.41, 5.74) is 2.00. The predicted octanol–water partition coefficient (Wildman–Crippen LogP) is 6.05. The second-order valence-electron chi connectivity index (χ2n) is 17.6. The number of nitrogens with one attached hydrogen (secondary N) is 1. The Kier molecular flexibility index (Phi) is 24.8. The van der Waals surface area contributed by atoms with Crippen molar-refractivity contribution in [1.82, 2.24) is 30.1 Å². The maximum atomic E-state index is 13.3. The highest BCUT2D eigenvalue weighted by atomic mass is 35.5. The first kappa shape index (κ1) is 59.4. The Hall–Kier alpha value is -3.93. The molecule has 0 aliphatic carbocycles. The maximum Gasteiger partial charge on any atom is 0.410 e. The molecule has 16 nitrogen and oxygen atoms in total. The number of hydrogen-bond acceptors (Lipinski definition) is 15. The van der Waals surface area contributed by atoms with Crippen LogP contribution < -0.4 is 19.9 Å². The van der Waals surface area contributed by atoms with Crippen LogP contribution in [0, 0.1) is 5.82 Å². The number of methoxy groups -OCH3 is 1. The van der Waals surface area contributed by atoms with E-state index in [0.717, 1.165) is 11.4 Å². The van der Waals surface area contributed by atoms with Crippen molar-refractivity contribution in [3.8, 4) is 5.88 Å². The molecule has 0 radical (unpaired) electrons. The lowest BCUT2D eigenvalue weighted by Crippen LogP contribution is -2.49. The molecule has 69 heavy (non-hydrogen) atoms. The van der Waals surface area contributed by atoms with Crippen LogP contribution in [0.1, 0.15) is 62.6 Å². The van der Waals surface area contributed by atoms with Gasteiger partial charge in [-0.3, -0.25) is 4.79 Å². The summed E-state index contributed by atoms with van der Waals surface area (Å²) in [5, 5.41) is 40.9. The summed E-state index contributed by atoms with van der Waals surface area (Å²) in [6.45, 7) is 8.85. The van der Waals surface area contributed by atoms with Crippen LogP contribution in [0.3, 0.4) is 0 Å². The number of β-amino-alcohol motifs (C(OH)–C–C–N with tert-alkyl or cyclic N) is 4. The van der Waals surface area contributed by atoms with Crippen molar-refractivity contribution in [3.05, 3.63) is 69.1 Å². The van der Waals surface area contributed by atoms with Crippen molar-refractivity contribution in [2.24, 2.45) is 0 Å². The lowest BCUT2D eigenvalue weighted by atomic mass is 10.1. The van der Waals surface area contributed by atoms with Gasteiger partial charge in [0, 0.05) is 45.8 Å². The number of aromatic nitrogens is 3. The molecular weight excluding hydrogens is 982 g/mol. The van der Waals surface area contributed by atoms with E-state index in [9.17, 15) is 46.9 Å². The van der Waals surface area contributed by atoms with E-state index in [0.29, 0.717) is 75.8 Å². The molecule has 1 amide bonds. The lowest BCUT2D eigenvalue weighted by molar-refractivity contribution is -0.0203. The molecule has 24 heteroatoms. The molecule has 7 rings (SSSR count). The summed E-state index contributed by atoms with van der Waals surface area (Å²) in [4.78, 5) is 41.3. The van der Waals surface area contributed by atoms with E-state index < -0.39 is 66.6 Å². The minimum absolute atomic E-state index is 0.0100. The van der Waals surface area contributed by atoms with Crippen molar-refractivity contribution in [2.45, 2.75) is 108 Å². The Morgan fingerprint density at radius 2 is 1.25 bits per heavy atom. The van der Waals surface area contributed by atoms with Crippen molar-refractivity contribution >= 4 is 58.6 Å². The van der Waals surface area contributed by atoms with Crippen LogP contribution in [-0.4, -0.2) is 186 Å². The van der Waals surface area contributed by atoms with Crippen LogP contribution in [0.5, 0.6) is 5.88 Å². The zero-order chi connectivity index (χ0) is 51.6. The summed E-state index contributed by atoms with van der Waals surface area (Å²) < 4.78 is 73.9. The Morgan fingerprint density at radius 3 is 1.71 bits per heavy atom. The Bertz CT molecular complexity index is 2050. The average Bonchev–Trinajstić information content (AvgIpc) is 3.28. The van der Waals surface area contributed by atoms with Gasteiger partial charge in [0.05, 0.1) is 36.8 Å².